The minimum absolute atomic E-state index is 0.0526. The first-order valence-electron chi connectivity index (χ1n) is 6.49. The topological polar surface area (TPSA) is 97.7 Å². The lowest BCUT2D eigenvalue weighted by atomic mass is 10.1. The molecule has 0 spiro atoms. The number of aromatic nitrogens is 3. The zero-order chi connectivity index (χ0) is 14.7. The Morgan fingerprint density at radius 1 is 1.33 bits per heavy atom. The van der Waals surface area contributed by atoms with Gasteiger partial charge in [-0.1, -0.05) is 18.2 Å². The fourth-order valence-corrected chi connectivity index (χ4v) is 2.08. The number of fused-ring (bicyclic) bond motifs is 1. The van der Waals surface area contributed by atoms with E-state index in [1.165, 1.54) is 0 Å². The summed E-state index contributed by atoms with van der Waals surface area (Å²) in [7, 11) is 0. The highest BCUT2D eigenvalue weighted by atomic mass is 16.5. The maximum Gasteiger partial charge on any atom is 0.265 e. The molecule has 7 nitrogen and oxygen atoms in total. The van der Waals surface area contributed by atoms with Crippen LogP contribution in [-0.4, -0.2) is 26.1 Å². The van der Waals surface area contributed by atoms with Crippen molar-refractivity contribution in [1.82, 2.24) is 14.4 Å². The first-order valence-corrected chi connectivity index (χ1v) is 6.49. The molecule has 0 aliphatic heterocycles. The first-order chi connectivity index (χ1) is 10.3. The SMILES string of the molecule is NNc1cn2ccnc2c(Oc2ccccc2CCO)n1. The van der Waals surface area contributed by atoms with E-state index in [0.29, 0.717) is 29.5 Å². The number of aliphatic hydroxyl groups excluding tert-OH is 1. The number of rotatable bonds is 5. The fraction of sp³-hybridized carbons (Fsp3) is 0.143. The number of benzene rings is 1. The molecule has 0 amide bonds. The molecule has 0 aliphatic carbocycles. The van der Waals surface area contributed by atoms with Crippen LogP contribution in [-0.2, 0) is 6.42 Å². The Morgan fingerprint density at radius 2 is 2.19 bits per heavy atom. The van der Waals surface area contributed by atoms with Gasteiger partial charge in [-0.3, -0.25) is 4.40 Å². The predicted molar refractivity (Wildman–Crippen MR) is 78.1 cm³/mol. The molecule has 2 aromatic heterocycles. The fourth-order valence-electron chi connectivity index (χ4n) is 2.08. The standard InChI is InChI=1S/C14H15N5O2/c15-18-12-9-19-7-6-16-13(19)14(17-12)21-11-4-2-1-3-10(11)5-8-20/h1-4,6-7,9,18,20H,5,8,15H2. The highest BCUT2D eigenvalue weighted by Crippen LogP contribution is 2.27. The summed E-state index contributed by atoms with van der Waals surface area (Å²) in [5.41, 5.74) is 3.99. The van der Waals surface area contributed by atoms with E-state index in [1.54, 1.807) is 23.0 Å². The number of hydrazine groups is 1. The van der Waals surface area contributed by atoms with Crippen LogP contribution >= 0.6 is 0 Å². The smallest absolute Gasteiger partial charge is 0.265 e. The summed E-state index contributed by atoms with van der Waals surface area (Å²) in [6.07, 6.45) is 5.67. The van der Waals surface area contributed by atoms with E-state index >= 15 is 0 Å². The molecule has 0 radical (unpaired) electrons. The molecule has 7 heteroatoms. The van der Waals surface area contributed by atoms with Crippen molar-refractivity contribution in [2.45, 2.75) is 6.42 Å². The highest BCUT2D eigenvalue weighted by molar-refractivity contribution is 5.55. The number of imidazole rings is 1. The first kappa shape index (κ1) is 13.3. The summed E-state index contributed by atoms with van der Waals surface area (Å²) in [6.45, 7) is 0.0526. The molecule has 4 N–H and O–H groups in total. The lowest BCUT2D eigenvalue weighted by molar-refractivity contribution is 0.297. The van der Waals surface area contributed by atoms with E-state index < -0.39 is 0 Å². The number of ether oxygens (including phenoxy) is 1. The minimum Gasteiger partial charge on any atom is -0.436 e. The Bertz CT molecular complexity index is 756. The Kier molecular flexibility index (Phi) is 3.67. The number of aliphatic hydroxyl groups is 1. The normalized spacial score (nSPS) is 10.8. The van der Waals surface area contributed by atoms with Gasteiger partial charge in [0.25, 0.3) is 5.88 Å². The number of hydrogen-bond donors (Lipinski definition) is 3. The lowest BCUT2D eigenvalue weighted by Crippen LogP contribution is -2.10. The molecule has 0 saturated heterocycles. The maximum absolute atomic E-state index is 9.12. The van der Waals surface area contributed by atoms with Crippen LogP contribution in [0.15, 0.2) is 42.9 Å². The minimum atomic E-state index is 0.0526. The number of nitrogens with zero attached hydrogens (tertiary/aromatic N) is 3. The number of nitrogens with one attached hydrogen (secondary N) is 1. The van der Waals surface area contributed by atoms with Gasteiger partial charge in [-0.05, 0) is 18.1 Å². The molecule has 2 heterocycles. The van der Waals surface area contributed by atoms with Gasteiger partial charge in [0.1, 0.15) is 5.75 Å². The number of anilines is 1. The molecule has 108 valence electrons. The molecular formula is C14H15N5O2. The predicted octanol–water partition coefficient (Wildman–Crippen LogP) is 1.34. The number of hydrogen-bond acceptors (Lipinski definition) is 6. The van der Waals surface area contributed by atoms with E-state index in [-0.39, 0.29) is 6.61 Å². The molecule has 0 atom stereocenters. The van der Waals surface area contributed by atoms with Crippen LogP contribution in [0.2, 0.25) is 0 Å². The Hall–Kier alpha value is -2.64. The summed E-state index contributed by atoms with van der Waals surface area (Å²) >= 11 is 0. The summed E-state index contributed by atoms with van der Waals surface area (Å²) in [5.74, 6) is 6.87. The Labute approximate surface area is 121 Å². The van der Waals surface area contributed by atoms with Gasteiger partial charge in [-0.2, -0.15) is 4.98 Å². The number of nitrogens with two attached hydrogens (primary N) is 1. The van der Waals surface area contributed by atoms with Crippen molar-refractivity contribution in [2.75, 3.05) is 12.0 Å². The van der Waals surface area contributed by atoms with Gasteiger partial charge in [-0.15, -0.1) is 0 Å². The summed E-state index contributed by atoms with van der Waals surface area (Å²) in [6, 6.07) is 7.49. The van der Waals surface area contributed by atoms with Gasteiger partial charge < -0.3 is 15.3 Å². The molecule has 21 heavy (non-hydrogen) atoms. The van der Waals surface area contributed by atoms with Crippen LogP contribution in [0.4, 0.5) is 5.82 Å². The van der Waals surface area contributed by atoms with E-state index in [9.17, 15) is 0 Å². The van der Waals surface area contributed by atoms with E-state index in [2.05, 4.69) is 15.4 Å². The molecule has 0 fully saturated rings. The van der Waals surface area contributed by atoms with Gasteiger partial charge in [-0.25, -0.2) is 10.8 Å². The molecule has 0 saturated carbocycles. The molecule has 3 rings (SSSR count). The van der Waals surface area contributed by atoms with Crippen molar-refractivity contribution >= 4 is 11.5 Å². The molecular weight excluding hydrogens is 270 g/mol. The van der Waals surface area contributed by atoms with Crippen LogP contribution in [0.1, 0.15) is 5.56 Å². The van der Waals surface area contributed by atoms with E-state index in [0.717, 1.165) is 5.56 Å². The monoisotopic (exact) mass is 285 g/mol. The molecule has 0 bridgehead atoms. The second-order valence-electron chi connectivity index (χ2n) is 4.42. The molecule has 0 unspecified atom stereocenters. The van der Waals surface area contributed by atoms with Crippen LogP contribution in [0, 0.1) is 0 Å². The average Bonchev–Trinajstić information content (AvgIpc) is 2.98. The van der Waals surface area contributed by atoms with E-state index in [4.69, 9.17) is 15.7 Å². The quantitative estimate of drug-likeness (QED) is 0.483. The second kappa shape index (κ2) is 5.78. The third-order valence-corrected chi connectivity index (χ3v) is 3.05. The molecule has 3 aromatic rings. The summed E-state index contributed by atoms with van der Waals surface area (Å²) < 4.78 is 7.65. The van der Waals surface area contributed by atoms with Crippen molar-refractivity contribution in [3.63, 3.8) is 0 Å². The summed E-state index contributed by atoms with van der Waals surface area (Å²) in [5, 5.41) is 9.12. The van der Waals surface area contributed by atoms with Gasteiger partial charge >= 0.3 is 0 Å². The molecule has 1 aromatic carbocycles. The maximum atomic E-state index is 9.12. The van der Waals surface area contributed by atoms with E-state index in [1.807, 2.05) is 24.3 Å². The number of para-hydroxylation sites is 1. The lowest BCUT2D eigenvalue weighted by Gasteiger charge is -2.11. The largest absolute Gasteiger partial charge is 0.436 e. The van der Waals surface area contributed by atoms with Crippen molar-refractivity contribution in [2.24, 2.45) is 5.84 Å². The van der Waals surface area contributed by atoms with Gasteiger partial charge in [0.2, 0.25) is 5.65 Å². The van der Waals surface area contributed by atoms with Crippen LogP contribution in [0.5, 0.6) is 11.6 Å². The Balaban J connectivity index is 2.03. The van der Waals surface area contributed by atoms with Crippen molar-refractivity contribution in [1.29, 1.82) is 0 Å². The second-order valence-corrected chi connectivity index (χ2v) is 4.42. The number of nitrogen functional groups attached to an aromatic ring is 1. The third-order valence-electron chi connectivity index (χ3n) is 3.05. The van der Waals surface area contributed by atoms with Crippen LogP contribution < -0.4 is 16.0 Å². The third kappa shape index (κ3) is 2.64. The van der Waals surface area contributed by atoms with Crippen molar-refractivity contribution < 1.29 is 9.84 Å². The van der Waals surface area contributed by atoms with Gasteiger partial charge in [0.05, 0.1) is 6.20 Å². The van der Waals surface area contributed by atoms with Gasteiger partial charge in [0.15, 0.2) is 5.82 Å². The van der Waals surface area contributed by atoms with Crippen molar-refractivity contribution in [3.8, 4) is 11.6 Å². The zero-order valence-electron chi connectivity index (χ0n) is 11.2. The van der Waals surface area contributed by atoms with Gasteiger partial charge in [0, 0.05) is 19.0 Å². The van der Waals surface area contributed by atoms with Crippen LogP contribution in [0.3, 0.4) is 0 Å². The highest BCUT2D eigenvalue weighted by Gasteiger charge is 2.11. The summed E-state index contributed by atoms with van der Waals surface area (Å²) in [4.78, 5) is 8.51. The van der Waals surface area contributed by atoms with Crippen molar-refractivity contribution in [3.05, 3.63) is 48.4 Å². The molecule has 0 aliphatic rings. The average molecular weight is 285 g/mol. The Morgan fingerprint density at radius 3 is 3.00 bits per heavy atom. The zero-order valence-corrected chi connectivity index (χ0v) is 11.2. The van der Waals surface area contributed by atoms with Crippen LogP contribution in [0.25, 0.3) is 5.65 Å².